The van der Waals surface area contributed by atoms with E-state index in [-0.39, 0.29) is 19.0 Å². The van der Waals surface area contributed by atoms with Crippen LogP contribution in [0.1, 0.15) is 28.3 Å². The highest BCUT2D eigenvalue weighted by atomic mass is 79.9. The zero-order chi connectivity index (χ0) is 21.1. The van der Waals surface area contributed by atoms with Crippen molar-refractivity contribution in [3.63, 3.8) is 0 Å². The summed E-state index contributed by atoms with van der Waals surface area (Å²) in [6.07, 6.45) is 3.58. The third kappa shape index (κ3) is 4.57. The standard InChI is InChI=1S/C22H23BrN2O4/c1-12-13(2)25-19(14(3)24-12)7-17-11-29-10-16(22(17)26)6-15-8-20(27-4)21(28-5)9-18(15)23/h6-9H,10-11H2,1-5H3/b16-6+,17-7+. The minimum absolute atomic E-state index is 0.0580. The van der Waals surface area contributed by atoms with Gasteiger partial charge in [0.05, 0.1) is 50.2 Å². The van der Waals surface area contributed by atoms with Gasteiger partial charge in [0.15, 0.2) is 17.3 Å². The van der Waals surface area contributed by atoms with E-state index in [4.69, 9.17) is 14.2 Å². The van der Waals surface area contributed by atoms with E-state index in [9.17, 15) is 4.79 Å². The van der Waals surface area contributed by atoms with Crippen LogP contribution in [0.4, 0.5) is 0 Å². The summed E-state index contributed by atoms with van der Waals surface area (Å²) >= 11 is 3.53. The van der Waals surface area contributed by atoms with Gasteiger partial charge >= 0.3 is 0 Å². The molecule has 1 aromatic carbocycles. The first-order chi connectivity index (χ1) is 13.8. The Bertz CT molecular complexity index is 1030. The van der Waals surface area contributed by atoms with E-state index in [0.29, 0.717) is 28.3 Å². The summed E-state index contributed by atoms with van der Waals surface area (Å²) in [4.78, 5) is 22.1. The smallest absolute Gasteiger partial charge is 0.189 e. The summed E-state index contributed by atoms with van der Waals surface area (Å²) in [5, 5.41) is 0. The lowest BCUT2D eigenvalue weighted by Gasteiger charge is -2.18. The molecule has 1 fully saturated rings. The molecule has 2 aromatic rings. The van der Waals surface area contributed by atoms with Gasteiger partial charge in [-0.05, 0) is 50.6 Å². The zero-order valence-corrected chi connectivity index (χ0v) is 18.7. The van der Waals surface area contributed by atoms with Crippen molar-refractivity contribution in [2.24, 2.45) is 0 Å². The van der Waals surface area contributed by atoms with Gasteiger partial charge < -0.3 is 14.2 Å². The van der Waals surface area contributed by atoms with Crippen molar-refractivity contribution in [3.8, 4) is 11.5 Å². The van der Waals surface area contributed by atoms with Crippen molar-refractivity contribution in [1.82, 2.24) is 9.97 Å². The van der Waals surface area contributed by atoms with Crippen molar-refractivity contribution in [2.75, 3.05) is 27.4 Å². The van der Waals surface area contributed by atoms with E-state index in [1.54, 1.807) is 26.4 Å². The summed E-state index contributed by atoms with van der Waals surface area (Å²) in [6, 6.07) is 3.63. The van der Waals surface area contributed by atoms with Crippen LogP contribution in [-0.2, 0) is 9.53 Å². The van der Waals surface area contributed by atoms with E-state index < -0.39 is 0 Å². The molecule has 1 aromatic heterocycles. The average molecular weight is 459 g/mol. The molecule has 0 saturated carbocycles. The number of aryl methyl sites for hydroxylation is 3. The molecule has 0 radical (unpaired) electrons. The van der Waals surface area contributed by atoms with E-state index in [1.165, 1.54) is 0 Å². The van der Waals surface area contributed by atoms with Gasteiger partial charge in [-0.25, -0.2) is 4.98 Å². The van der Waals surface area contributed by atoms with Gasteiger partial charge in [0.1, 0.15) is 0 Å². The molecular formula is C22H23BrN2O4. The SMILES string of the molecule is COc1cc(Br)c(/C=C2\COC/C(=C\c3nc(C)c(C)nc3C)C2=O)cc1OC. The molecule has 0 bridgehead atoms. The Morgan fingerprint density at radius 2 is 1.52 bits per heavy atom. The van der Waals surface area contributed by atoms with Crippen LogP contribution < -0.4 is 9.47 Å². The second-order valence-electron chi connectivity index (χ2n) is 6.75. The first kappa shape index (κ1) is 21.2. The fourth-order valence-electron chi connectivity index (χ4n) is 3.02. The van der Waals surface area contributed by atoms with Crippen LogP contribution in [-0.4, -0.2) is 43.2 Å². The maximum absolute atomic E-state index is 13.1. The molecule has 29 heavy (non-hydrogen) atoms. The Morgan fingerprint density at radius 3 is 2.17 bits per heavy atom. The number of hydrogen-bond acceptors (Lipinski definition) is 6. The van der Waals surface area contributed by atoms with Crippen molar-refractivity contribution >= 4 is 33.9 Å². The first-order valence-corrected chi connectivity index (χ1v) is 9.90. The predicted octanol–water partition coefficient (Wildman–Crippen LogP) is 4.25. The quantitative estimate of drug-likeness (QED) is 0.637. The van der Waals surface area contributed by atoms with Crippen LogP contribution in [0.5, 0.6) is 11.5 Å². The lowest BCUT2D eigenvalue weighted by atomic mass is 9.98. The van der Waals surface area contributed by atoms with Gasteiger partial charge in [0, 0.05) is 15.6 Å². The van der Waals surface area contributed by atoms with E-state index in [0.717, 1.165) is 27.1 Å². The maximum Gasteiger partial charge on any atom is 0.189 e. The highest BCUT2D eigenvalue weighted by Crippen LogP contribution is 2.35. The second-order valence-corrected chi connectivity index (χ2v) is 7.61. The summed E-state index contributed by atoms with van der Waals surface area (Å²) in [7, 11) is 3.15. The lowest BCUT2D eigenvalue weighted by Crippen LogP contribution is -2.22. The maximum atomic E-state index is 13.1. The molecule has 0 aliphatic carbocycles. The second kappa shape index (κ2) is 8.88. The number of hydrogen-bond donors (Lipinski definition) is 0. The fourth-order valence-corrected chi connectivity index (χ4v) is 3.46. The van der Waals surface area contributed by atoms with Crippen LogP contribution in [0.3, 0.4) is 0 Å². The third-order valence-corrected chi connectivity index (χ3v) is 5.45. The number of aromatic nitrogens is 2. The van der Waals surface area contributed by atoms with Gasteiger partial charge in [0.2, 0.25) is 0 Å². The summed E-state index contributed by atoms with van der Waals surface area (Å²) < 4.78 is 17.1. The van der Waals surface area contributed by atoms with Crippen LogP contribution >= 0.6 is 15.9 Å². The van der Waals surface area contributed by atoms with Gasteiger partial charge in [-0.1, -0.05) is 15.9 Å². The van der Waals surface area contributed by atoms with Crippen LogP contribution in [0.25, 0.3) is 12.2 Å². The molecule has 7 heteroatoms. The summed E-state index contributed by atoms with van der Waals surface area (Å²) in [6.45, 7) is 6.20. The molecule has 0 spiro atoms. The number of Topliss-reactive ketones (excluding diaryl/α,β-unsaturated/α-hetero) is 1. The van der Waals surface area contributed by atoms with E-state index in [1.807, 2.05) is 32.9 Å². The normalized spacial score (nSPS) is 17.1. The van der Waals surface area contributed by atoms with Crippen LogP contribution in [0, 0.1) is 20.8 Å². The molecule has 0 N–H and O–H groups in total. The molecule has 1 aliphatic rings. The molecule has 0 atom stereocenters. The lowest BCUT2D eigenvalue weighted by molar-refractivity contribution is -0.114. The molecule has 1 saturated heterocycles. The van der Waals surface area contributed by atoms with Crippen molar-refractivity contribution in [3.05, 3.63) is 56.1 Å². The highest BCUT2D eigenvalue weighted by Gasteiger charge is 2.22. The Hall–Kier alpha value is -2.51. The minimum atomic E-state index is -0.0580. The number of methoxy groups -OCH3 is 2. The number of ether oxygens (including phenoxy) is 3. The molecule has 2 heterocycles. The fraction of sp³-hybridized carbons (Fsp3) is 0.318. The topological polar surface area (TPSA) is 70.5 Å². The molecule has 152 valence electrons. The number of benzene rings is 1. The Balaban J connectivity index is 1.97. The third-order valence-electron chi connectivity index (χ3n) is 4.76. The Morgan fingerprint density at radius 1 is 0.931 bits per heavy atom. The van der Waals surface area contributed by atoms with Gasteiger partial charge in [-0.2, -0.15) is 0 Å². The van der Waals surface area contributed by atoms with Crippen LogP contribution in [0.15, 0.2) is 27.8 Å². The molecule has 1 aliphatic heterocycles. The van der Waals surface area contributed by atoms with Gasteiger partial charge in [-0.15, -0.1) is 0 Å². The zero-order valence-electron chi connectivity index (χ0n) is 17.1. The first-order valence-electron chi connectivity index (χ1n) is 9.11. The highest BCUT2D eigenvalue weighted by molar-refractivity contribution is 9.10. The summed E-state index contributed by atoms with van der Waals surface area (Å²) in [5.74, 6) is 1.14. The molecular weight excluding hydrogens is 436 g/mol. The van der Waals surface area contributed by atoms with Gasteiger partial charge in [-0.3, -0.25) is 9.78 Å². The largest absolute Gasteiger partial charge is 0.493 e. The van der Waals surface area contributed by atoms with E-state index >= 15 is 0 Å². The van der Waals surface area contributed by atoms with Crippen LogP contribution in [0.2, 0.25) is 0 Å². The number of carbonyl (C=O) groups excluding carboxylic acids is 1. The van der Waals surface area contributed by atoms with Crippen molar-refractivity contribution in [1.29, 1.82) is 0 Å². The minimum Gasteiger partial charge on any atom is -0.493 e. The Kier molecular flexibility index (Phi) is 6.49. The van der Waals surface area contributed by atoms with Crippen molar-refractivity contribution in [2.45, 2.75) is 20.8 Å². The summed E-state index contributed by atoms with van der Waals surface area (Å²) in [5.41, 5.74) is 5.12. The van der Waals surface area contributed by atoms with Crippen molar-refractivity contribution < 1.29 is 19.0 Å². The number of ketones is 1. The molecule has 6 nitrogen and oxygen atoms in total. The number of nitrogens with zero attached hydrogens (tertiary/aromatic N) is 2. The molecule has 3 rings (SSSR count). The monoisotopic (exact) mass is 458 g/mol. The molecule has 0 unspecified atom stereocenters. The average Bonchev–Trinajstić information content (AvgIpc) is 2.70. The van der Waals surface area contributed by atoms with Gasteiger partial charge in [0.25, 0.3) is 0 Å². The van der Waals surface area contributed by atoms with E-state index in [2.05, 4.69) is 25.9 Å². The number of carbonyl (C=O) groups is 1. The molecule has 0 amide bonds. The predicted molar refractivity (Wildman–Crippen MR) is 115 cm³/mol. The number of rotatable bonds is 4. The Labute approximate surface area is 178 Å². The number of halogens is 1.